The van der Waals surface area contributed by atoms with Gasteiger partial charge in [-0.3, -0.25) is 5.32 Å². The largest absolute Gasteiger partial charge is 0.464 e. The van der Waals surface area contributed by atoms with Gasteiger partial charge in [-0.15, -0.1) is 0 Å². The van der Waals surface area contributed by atoms with Gasteiger partial charge in [0.05, 0.1) is 18.8 Å². The van der Waals surface area contributed by atoms with Gasteiger partial charge < -0.3 is 14.5 Å². The average molecular weight is 318 g/mol. The van der Waals surface area contributed by atoms with Gasteiger partial charge >= 0.3 is 6.03 Å². The number of rotatable bonds is 5. The van der Waals surface area contributed by atoms with Crippen molar-refractivity contribution in [1.82, 2.24) is 15.1 Å². The van der Waals surface area contributed by atoms with Crippen LogP contribution in [0.2, 0.25) is 0 Å². The molecule has 1 aliphatic rings. The zero-order valence-corrected chi connectivity index (χ0v) is 13.4. The van der Waals surface area contributed by atoms with Crippen molar-refractivity contribution in [3.63, 3.8) is 0 Å². The molecule has 7 heteroatoms. The molecule has 0 saturated carbocycles. The van der Waals surface area contributed by atoms with Gasteiger partial charge in [0.25, 0.3) is 0 Å². The lowest BCUT2D eigenvalue weighted by Gasteiger charge is -2.15. The molecule has 2 N–H and O–H groups in total. The maximum Gasteiger partial charge on any atom is 0.320 e. The van der Waals surface area contributed by atoms with E-state index in [0.717, 1.165) is 37.7 Å². The predicted octanol–water partition coefficient (Wildman–Crippen LogP) is 2.70. The van der Waals surface area contributed by atoms with Crippen molar-refractivity contribution >= 4 is 11.8 Å². The zero-order chi connectivity index (χ0) is 16.2. The molecular formula is C16H22N4O3. The second kappa shape index (κ2) is 6.87. The SMILES string of the molecule is Cc1ccc([C@@H](C)NC(=O)Nc2ccnn2C[C@H]2CCOC2)o1. The van der Waals surface area contributed by atoms with Crippen LogP contribution in [0.5, 0.6) is 0 Å². The Kier molecular flexibility index (Phi) is 4.66. The van der Waals surface area contributed by atoms with Gasteiger partial charge in [-0.25, -0.2) is 9.48 Å². The van der Waals surface area contributed by atoms with Crippen LogP contribution in [0.4, 0.5) is 10.6 Å². The molecule has 0 unspecified atom stereocenters. The van der Waals surface area contributed by atoms with Gasteiger partial charge in [-0.05, 0) is 32.4 Å². The standard InChI is InChI=1S/C16H22N4O3/c1-11-3-4-14(23-11)12(2)18-16(21)19-15-5-7-17-20(15)9-13-6-8-22-10-13/h3-5,7,12-13H,6,8-10H2,1-2H3,(H2,18,19,21)/t12-,13-/m1/s1. The third-order valence-corrected chi connectivity index (χ3v) is 3.95. The quantitative estimate of drug-likeness (QED) is 0.888. The summed E-state index contributed by atoms with van der Waals surface area (Å²) in [6.07, 6.45) is 2.71. The van der Waals surface area contributed by atoms with E-state index in [1.54, 1.807) is 16.9 Å². The smallest absolute Gasteiger partial charge is 0.320 e. The Labute approximate surface area is 135 Å². The summed E-state index contributed by atoms with van der Waals surface area (Å²) in [5.41, 5.74) is 0. The van der Waals surface area contributed by atoms with Gasteiger partial charge in [0.1, 0.15) is 17.3 Å². The summed E-state index contributed by atoms with van der Waals surface area (Å²) in [4.78, 5) is 12.2. The molecule has 3 rings (SSSR count). The van der Waals surface area contributed by atoms with E-state index in [4.69, 9.17) is 9.15 Å². The highest BCUT2D eigenvalue weighted by Crippen LogP contribution is 2.18. The number of carbonyl (C=O) groups is 1. The maximum atomic E-state index is 12.2. The Morgan fingerprint density at radius 1 is 1.48 bits per heavy atom. The molecule has 7 nitrogen and oxygen atoms in total. The van der Waals surface area contributed by atoms with Crippen molar-refractivity contribution in [3.8, 4) is 0 Å². The van der Waals surface area contributed by atoms with Crippen molar-refractivity contribution in [2.24, 2.45) is 5.92 Å². The molecule has 2 aromatic rings. The number of nitrogens with zero attached hydrogens (tertiary/aromatic N) is 2. The van der Waals surface area contributed by atoms with E-state index in [2.05, 4.69) is 15.7 Å². The van der Waals surface area contributed by atoms with Gasteiger partial charge in [0, 0.05) is 25.1 Å². The first-order chi connectivity index (χ1) is 11.1. The van der Waals surface area contributed by atoms with Crippen molar-refractivity contribution in [1.29, 1.82) is 0 Å². The lowest BCUT2D eigenvalue weighted by Crippen LogP contribution is -2.32. The van der Waals surface area contributed by atoms with E-state index in [9.17, 15) is 4.79 Å². The van der Waals surface area contributed by atoms with Crippen LogP contribution in [0.25, 0.3) is 0 Å². The van der Waals surface area contributed by atoms with Crippen molar-refractivity contribution in [3.05, 3.63) is 35.9 Å². The van der Waals surface area contributed by atoms with E-state index in [1.165, 1.54) is 0 Å². The first kappa shape index (κ1) is 15.6. The summed E-state index contributed by atoms with van der Waals surface area (Å²) in [5.74, 6) is 2.68. The number of hydrogen-bond acceptors (Lipinski definition) is 4. The highest BCUT2D eigenvalue weighted by Gasteiger charge is 2.19. The summed E-state index contributed by atoms with van der Waals surface area (Å²) in [5, 5.41) is 9.97. The van der Waals surface area contributed by atoms with E-state index < -0.39 is 0 Å². The molecule has 1 fully saturated rings. The summed E-state index contributed by atoms with van der Waals surface area (Å²) in [7, 11) is 0. The van der Waals surface area contributed by atoms with Gasteiger partial charge in [0.2, 0.25) is 0 Å². The molecule has 2 aromatic heterocycles. The second-order valence-electron chi connectivity index (χ2n) is 5.90. The molecule has 23 heavy (non-hydrogen) atoms. The number of furan rings is 1. The minimum absolute atomic E-state index is 0.205. The molecule has 124 valence electrons. The van der Waals surface area contributed by atoms with Crippen LogP contribution in [0.3, 0.4) is 0 Å². The van der Waals surface area contributed by atoms with Crippen molar-refractivity contribution in [2.75, 3.05) is 18.5 Å². The van der Waals surface area contributed by atoms with Crippen LogP contribution in [-0.4, -0.2) is 29.0 Å². The summed E-state index contributed by atoms with van der Waals surface area (Å²) >= 11 is 0. The molecular weight excluding hydrogens is 296 g/mol. The van der Waals surface area contributed by atoms with Crippen LogP contribution in [0.15, 0.2) is 28.8 Å². The Bertz CT molecular complexity index is 658. The highest BCUT2D eigenvalue weighted by molar-refractivity contribution is 5.88. The number of anilines is 1. The Balaban J connectivity index is 1.56. The van der Waals surface area contributed by atoms with Gasteiger partial charge in [-0.1, -0.05) is 0 Å². The number of urea groups is 1. The van der Waals surface area contributed by atoms with E-state index >= 15 is 0 Å². The molecule has 2 amide bonds. The fourth-order valence-corrected chi connectivity index (χ4v) is 2.66. The molecule has 0 spiro atoms. The van der Waals surface area contributed by atoms with Crippen molar-refractivity contribution < 1.29 is 13.9 Å². The second-order valence-corrected chi connectivity index (χ2v) is 5.90. The highest BCUT2D eigenvalue weighted by atomic mass is 16.5. The molecule has 1 saturated heterocycles. The minimum atomic E-state index is -0.282. The number of aryl methyl sites for hydroxylation is 1. The number of carbonyl (C=O) groups excluding carboxylic acids is 1. The number of amides is 2. The third-order valence-electron chi connectivity index (χ3n) is 3.95. The fraction of sp³-hybridized carbons (Fsp3) is 0.500. The lowest BCUT2D eigenvalue weighted by molar-refractivity contribution is 0.181. The Morgan fingerprint density at radius 2 is 2.35 bits per heavy atom. The van der Waals surface area contributed by atoms with Crippen LogP contribution in [0, 0.1) is 12.8 Å². The Hall–Kier alpha value is -2.28. The molecule has 0 radical (unpaired) electrons. The van der Waals surface area contributed by atoms with E-state index in [1.807, 2.05) is 26.0 Å². The van der Waals surface area contributed by atoms with E-state index in [-0.39, 0.29) is 12.1 Å². The lowest BCUT2D eigenvalue weighted by atomic mass is 10.1. The minimum Gasteiger partial charge on any atom is -0.464 e. The molecule has 3 heterocycles. The predicted molar refractivity (Wildman–Crippen MR) is 85.2 cm³/mol. The molecule has 0 bridgehead atoms. The summed E-state index contributed by atoms with van der Waals surface area (Å²) in [6.45, 7) is 6.05. The molecule has 1 aliphatic heterocycles. The van der Waals surface area contributed by atoms with Crippen LogP contribution >= 0.6 is 0 Å². The summed E-state index contributed by atoms with van der Waals surface area (Å²) in [6, 6.07) is 5.05. The zero-order valence-electron chi connectivity index (χ0n) is 13.4. The number of ether oxygens (including phenoxy) is 1. The van der Waals surface area contributed by atoms with Gasteiger partial charge in [-0.2, -0.15) is 5.10 Å². The first-order valence-electron chi connectivity index (χ1n) is 7.85. The van der Waals surface area contributed by atoms with Crippen LogP contribution in [-0.2, 0) is 11.3 Å². The fourth-order valence-electron chi connectivity index (χ4n) is 2.66. The van der Waals surface area contributed by atoms with Crippen LogP contribution in [0.1, 0.15) is 30.9 Å². The monoisotopic (exact) mass is 318 g/mol. The topological polar surface area (TPSA) is 81.3 Å². The number of hydrogen-bond donors (Lipinski definition) is 2. The Morgan fingerprint density at radius 3 is 3.04 bits per heavy atom. The maximum absolute atomic E-state index is 12.2. The van der Waals surface area contributed by atoms with Crippen LogP contribution < -0.4 is 10.6 Å². The van der Waals surface area contributed by atoms with Crippen molar-refractivity contribution in [2.45, 2.75) is 32.9 Å². The number of aromatic nitrogens is 2. The van der Waals surface area contributed by atoms with Gasteiger partial charge in [0.15, 0.2) is 0 Å². The third kappa shape index (κ3) is 3.92. The number of nitrogens with one attached hydrogen (secondary N) is 2. The average Bonchev–Trinajstić information content (AvgIpc) is 3.23. The first-order valence-corrected chi connectivity index (χ1v) is 7.85. The van der Waals surface area contributed by atoms with E-state index in [0.29, 0.717) is 11.7 Å². The molecule has 0 aliphatic carbocycles. The molecule has 0 aromatic carbocycles. The normalized spacial score (nSPS) is 18.8. The summed E-state index contributed by atoms with van der Waals surface area (Å²) < 4.78 is 12.7. The molecule has 2 atom stereocenters.